The van der Waals surface area contributed by atoms with E-state index in [1.807, 2.05) is 18.2 Å². The molecular formula is C10H10N2. The summed E-state index contributed by atoms with van der Waals surface area (Å²) in [6.07, 6.45) is 4.91. The monoisotopic (exact) mass is 158 g/mol. The predicted octanol–water partition coefficient (Wildman–Crippen LogP) is 2.31. The Labute approximate surface area is 72.0 Å². The third-order valence-electron chi connectivity index (χ3n) is 1.30. The Hall–Kier alpha value is -1.70. The number of hydrogen-bond acceptors (Lipinski definition) is 2. The second-order valence-electron chi connectivity index (χ2n) is 2.18. The Morgan fingerprint density at radius 3 is 2.92 bits per heavy atom. The highest BCUT2D eigenvalue weighted by Gasteiger charge is 1.93. The molecule has 0 aliphatic heterocycles. The van der Waals surface area contributed by atoms with Gasteiger partial charge in [-0.3, -0.25) is 9.98 Å². The van der Waals surface area contributed by atoms with E-state index in [0.29, 0.717) is 5.70 Å². The Kier molecular flexibility index (Phi) is 2.96. The molecule has 0 aromatic carbocycles. The van der Waals surface area contributed by atoms with Crippen LogP contribution in [0.2, 0.25) is 0 Å². The molecule has 0 spiro atoms. The number of allylic oxidation sites excluding steroid dienone is 1. The van der Waals surface area contributed by atoms with Crippen molar-refractivity contribution in [2.75, 3.05) is 0 Å². The van der Waals surface area contributed by atoms with Crippen LogP contribution in [0.25, 0.3) is 5.70 Å². The van der Waals surface area contributed by atoms with Crippen LogP contribution in [0.3, 0.4) is 0 Å². The minimum absolute atomic E-state index is 0.649. The third kappa shape index (κ3) is 2.16. The molecule has 60 valence electrons. The van der Waals surface area contributed by atoms with Gasteiger partial charge in [0.25, 0.3) is 0 Å². The van der Waals surface area contributed by atoms with Gasteiger partial charge in [0, 0.05) is 12.4 Å². The van der Waals surface area contributed by atoms with Crippen LogP contribution < -0.4 is 0 Å². The van der Waals surface area contributed by atoms with Crippen molar-refractivity contribution in [1.29, 1.82) is 0 Å². The van der Waals surface area contributed by atoms with Gasteiger partial charge >= 0.3 is 0 Å². The first-order valence-corrected chi connectivity index (χ1v) is 3.60. The summed E-state index contributed by atoms with van der Waals surface area (Å²) in [5.74, 6) is 0. The summed E-state index contributed by atoms with van der Waals surface area (Å²) in [4.78, 5) is 8.10. The molecule has 12 heavy (non-hydrogen) atoms. The molecule has 1 heterocycles. The Balaban J connectivity index is 2.79. The van der Waals surface area contributed by atoms with E-state index in [1.165, 1.54) is 0 Å². The smallest absolute Gasteiger partial charge is 0.0879 e. The number of rotatable bonds is 3. The van der Waals surface area contributed by atoms with Crippen molar-refractivity contribution in [2.24, 2.45) is 4.99 Å². The average molecular weight is 158 g/mol. The molecule has 1 aromatic heterocycles. The SMILES string of the molecule is C=CC=NC(=C)c1ccccn1. The fraction of sp³-hybridized carbons (Fsp3) is 0. The van der Waals surface area contributed by atoms with Gasteiger partial charge in [-0.2, -0.15) is 0 Å². The minimum Gasteiger partial charge on any atom is -0.255 e. The van der Waals surface area contributed by atoms with E-state index in [9.17, 15) is 0 Å². The van der Waals surface area contributed by atoms with Crippen molar-refractivity contribution in [3.8, 4) is 0 Å². The maximum Gasteiger partial charge on any atom is 0.0879 e. The van der Waals surface area contributed by atoms with Crippen molar-refractivity contribution in [3.63, 3.8) is 0 Å². The summed E-state index contributed by atoms with van der Waals surface area (Å²) in [6, 6.07) is 5.62. The van der Waals surface area contributed by atoms with Gasteiger partial charge in [-0.05, 0) is 12.1 Å². The quantitative estimate of drug-likeness (QED) is 0.619. The van der Waals surface area contributed by atoms with Gasteiger partial charge in [0.15, 0.2) is 0 Å². The molecule has 0 aliphatic rings. The van der Waals surface area contributed by atoms with E-state index in [-0.39, 0.29) is 0 Å². The molecule has 0 bridgehead atoms. The molecule has 0 unspecified atom stereocenters. The van der Waals surface area contributed by atoms with Crippen LogP contribution in [-0.4, -0.2) is 11.2 Å². The van der Waals surface area contributed by atoms with Crippen LogP contribution in [0.5, 0.6) is 0 Å². The largest absolute Gasteiger partial charge is 0.255 e. The van der Waals surface area contributed by atoms with Gasteiger partial charge in [0.05, 0.1) is 11.4 Å². The number of hydrogen-bond donors (Lipinski definition) is 0. The highest BCUT2D eigenvalue weighted by Crippen LogP contribution is 2.08. The summed E-state index contributed by atoms with van der Waals surface area (Å²) in [5.41, 5.74) is 1.44. The van der Waals surface area contributed by atoms with Crippen molar-refractivity contribution >= 4 is 11.9 Å². The molecule has 0 saturated heterocycles. The van der Waals surface area contributed by atoms with Gasteiger partial charge in [-0.1, -0.05) is 25.3 Å². The highest BCUT2D eigenvalue weighted by molar-refractivity contribution is 5.77. The van der Waals surface area contributed by atoms with Crippen molar-refractivity contribution in [1.82, 2.24) is 4.98 Å². The third-order valence-corrected chi connectivity index (χ3v) is 1.30. The average Bonchev–Trinajstić information content (AvgIpc) is 2.15. The maximum atomic E-state index is 4.08. The highest BCUT2D eigenvalue weighted by atomic mass is 14.8. The molecular weight excluding hydrogens is 148 g/mol. The minimum atomic E-state index is 0.649. The zero-order valence-electron chi connectivity index (χ0n) is 6.77. The molecule has 0 amide bonds. The van der Waals surface area contributed by atoms with E-state index >= 15 is 0 Å². The summed E-state index contributed by atoms with van der Waals surface area (Å²) in [7, 11) is 0. The van der Waals surface area contributed by atoms with Crippen LogP contribution in [0, 0.1) is 0 Å². The maximum absolute atomic E-state index is 4.08. The zero-order chi connectivity index (χ0) is 8.81. The Morgan fingerprint density at radius 2 is 2.33 bits per heavy atom. The van der Waals surface area contributed by atoms with E-state index < -0.39 is 0 Å². The lowest BCUT2D eigenvalue weighted by Gasteiger charge is -1.95. The molecule has 2 nitrogen and oxygen atoms in total. The second-order valence-corrected chi connectivity index (χ2v) is 2.18. The molecule has 0 N–H and O–H groups in total. The van der Waals surface area contributed by atoms with Gasteiger partial charge in [-0.15, -0.1) is 0 Å². The topological polar surface area (TPSA) is 25.2 Å². The molecule has 2 heteroatoms. The van der Waals surface area contributed by atoms with Crippen LogP contribution in [0.1, 0.15) is 5.69 Å². The summed E-state index contributed by atoms with van der Waals surface area (Å²) in [6.45, 7) is 7.27. The lowest BCUT2D eigenvalue weighted by atomic mass is 10.3. The van der Waals surface area contributed by atoms with Gasteiger partial charge in [-0.25, -0.2) is 0 Å². The first-order chi connectivity index (χ1) is 5.84. The molecule has 0 atom stereocenters. The number of aliphatic imine (C=N–C) groups is 1. The van der Waals surface area contributed by atoms with Gasteiger partial charge in [0.1, 0.15) is 0 Å². The van der Waals surface area contributed by atoms with Crippen LogP contribution in [-0.2, 0) is 0 Å². The summed E-state index contributed by atoms with van der Waals surface area (Å²) in [5, 5.41) is 0. The van der Waals surface area contributed by atoms with Crippen LogP contribution in [0.4, 0.5) is 0 Å². The normalized spacial score (nSPS) is 10.0. The van der Waals surface area contributed by atoms with Crippen LogP contribution >= 0.6 is 0 Å². The second kappa shape index (κ2) is 4.23. The molecule has 1 rings (SSSR count). The first-order valence-electron chi connectivity index (χ1n) is 3.60. The predicted molar refractivity (Wildman–Crippen MR) is 52.0 cm³/mol. The van der Waals surface area contributed by atoms with E-state index in [2.05, 4.69) is 23.1 Å². The lowest BCUT2D eigenvalue weighted by molar-refractivity contribution is 1.26. The van der Waals surface area contributed by atoms with Crippen molar-refractivity contribution in [3.05, 3.63) is 49.3 Å². The molecule has 0 saturated carbocycles. The molecule has 0 radical (unpaired) electrons. The number of pyridine rings is 1. The summed E-state index contributed by atoms with van der Waals surface area (Å²) >= 11 is 0. The van der Waals surface area contributed by atoms with E-state index in [0.717, 1.165) is 5.69 Å². The fourth-order valence-corrected chi connectivity index (χ4v) is 0.742. The lowest BCUT2D eigenvalue weighted by Crippen LogP contribution is -1.83. The zero-order valence-corrected chi connectivity index (χ0v) is 6.77. The first kappa shape index (κ1) is 8.40. The van der Waals surface area contributed by atoms with Gasteiger partial charge in [0.2, 0.25) is 0 Å². The van der Waals surface area contributed by atoms with E-state index in [1.54, 1.807) is 18.5 Å². The Morgan fingerprint density at radius 1 is 1.50 bits per heavy atom. The van der Waals surface area contributed by atoms with Crippen LogP contribution in [0.15, 0.2) is 48.6 Å². The number of nitrogens with zero attached hydrogens (tertiary/aromatic N) is 2. The number of aromatic nitrogens is 1. The van der Waals surface area contributed by atoms with E-state index in [4.69, 9.17) is 0 Å². The molecule has 0 aliphatic carbocycles. The standard InChI is InChI=1S/C10H10N2/c1-3-7-11-9(2)10-6-4-5-8-12-10/h3-8H,1-2H2. The van der Waals surface area contributed by atoms with Crippen molar-refractivity contribution in [2.45, 2.75) is 0 Å². The Bertz CT molecular complexity index is 299. The van der Waals surface area contributed by atoms with Gasteiger partial charge < -0.3 is 0 Å². The molecule has 0 fully saturated rings. The molecule has 1 aromatic rings. The van der Waals surface area contributed by atoms with Crippen molar-refractivity contribution < 1.29 is 0 Å². The summed E-state index contributed by atoms with van der Waals surface area (Å²) < 4.78 is 0. The fourth-order valence-electron chi connectivity index (χ4n) is 0.742.